The number of hydrogen-bond donors (Lipinski definition) is 3. The van der Waals surface area contributed by atoms with Crippen LogP contribution in [0.2, 0.25) is 5.02 Å². The molecule has 1 unspecified atom stereocenters. The SMILES string of the molecule is O=C(O)c1ccc(NC(=O)C2c3cccc(-c4ccc5c(c4)CCNC5)c3CCN2C(=O)c2cn(-c3cccc(Cl)c3F)nn2)cc1. The number of amides is 2. The van der Waals surface area contributed by atoms with Crippen LogP contribution in [0.5, 0.6) is 0 Å². The third-order valence-electron chi connectivity index (χ3n) is 8.62. The summed E-state index contributed by atoms with van der Waals surface area (Å²) in [5, 5.41) is 23.4. The molecule has 0 saturated carbocycles. The van der Waals surface area contributed by atoms with E-state index in [-0.39, 0.29) is 28.5 Å². The van der Waals surface area contributed by atoms with Gasteiger partial charge in [0.2, 0.25) is 0 Å². The van der Waals surface area contributed by atoms with Gasteiger partial charge in [-0.2, -0.15) is 0 Å². The van der Waals surface area contributed by atoms with E-state index in [1.165, 1.54) is 58.6 Å². The fraction of sp³-hybridized carbons (Fsp3) is 0.171. The van der Waals surface area contributed by atoms with Crippen molar-refractivity contribution in [3.05, 3.63) is 129 Å². The molecule has 0 spiro atoms. The molecule has 1 aromatic heterocycles. The Labute approximate surface area is 273 Å². The summed E-state index contributed by atoms with van der Waals surface area (Å²) in [6.45, 7) is 1.93. The minimum absolute atomic E-state index is 0.0256. The zero-order valence-electron chi connectivity index (χ0n) is 24.9. The van der Waals surface area contributed by atoms with Gasteiger partial charge in [-0.25, -0.2) is 13.9 Å². The summed E-state index contributed by atoms with van der Waals surface area (Å²) >= 11 is 5.95. The number of carboxylic acids is 1. The Kier molecular flexibility index (Phi) is 8.00. The van der Waals surface area contributed by atoms with Crippen molar-refractivity contribution < 1.29 is 23.9 Å². The molecule has 10 nitrogen and oxygen atoms in total. The first kappa shape index (κ1) is 30.3. The number of aromatic carboxylic acids is 1. The van der Waals surface area contributed by atoms with Crippen LogP contribution in [0.15, 0.2) is 85.1 Å². The molecule has 12 heteroatoms. The Morgan fingerprint density at radius 2 is 1.79 bits per heavy atom. The van der Waals surface area contributed by atoms with Crippen molar-refractivity contribution in [3.63, 3.8) is 0 Å². The highest BCUT2D eigenvalue weighted by molar-refractivity contribution is 6.30. The van der Waals surface area contributed by atoms with Gasteiger partial charge in [-0.1, -0.05) is 59.3 Å². The Bertz CT molecular complexity index is 2050. The molecule has 0 aliphatic carbocycles. The number of anilines is 1. The summed E-state index contributed by atoms with van der Waals surface area (Å²) in [4.78, 5) is 40.9. The van der Waals surface area contributed by atoms with Crippen molar-refractivity contribution in [2.45, 2.75) is 25.4 Å². The van der Waals surface area contributed by atoms with Gasteiger partial charge in [0.15, 0.2) is 11.5 Å². The van der Waals surface area contributed by atoms with E-state index in [1.807, 2.05) is 18.2 Å². The summed E-state index contributed by atoms with van der Waals surface area (Å²) in [6.07, 6.45) is 2.71. The largest absolute Gasteiger partial charge is 0.478 e. The van der Waals surface area contributed by atoms with Crippen molar-refractivity contribution in [1.29, 1.82) is 0 Å². The zero-order chi connectivity index (χ0) is 32.7. The van der Waals surface area contributed by atoms with E-state index in [1.54, 1.807) is 6.07 Å². The number of carbonyl (C=O) groups excluding carboxylic acids is 2. The minimum Gasteiger partial charge on any atom is -0.478 e. The second-order valence-electron chi connectivity index (χ2n) is 11.4. The average Bonchev–Trinajstić information content (AvgIpc) is 3.58. The zero-order valence-corrected chi connectivity index (χ0v) is 25.7. The first-order valence-corrected chi connectivity index (χ1v) is 15.4. The van der Waals surface area contributed by atoms with Gasteiger partial charge in [0.05, 0.1) is 16.8 Å². The number of fused-ring (bicyclic) bond motifs is 2. The van der Waals surface area contributed by atoms with Gasteiger partial charge in [0, 0.05) is 18.8 Å². The van der Waals surface area contributed by atoms with Gasteiger partial charge >= 0.3 is 5.97 Å². The van der Waals surface area contributed by atoms with Crippen LogP contribution in [0.3, 0.4) is 0 Å². The molecule has 2 aliphatic rings. The molecule has 3 heterocycles. The number of benzene rings is 4. The van der Waals surface area contributed by atoms with Crippen molar-refractivity contribution in [3.8, 4) is 16.8 Å². The molecule has 2 aliphatic heterocycles. The normalized spacial score (nSPS) is 15.4. The quantitative estimate of drug-likeness (QED) is 0.223. The van der Waals surface area contributed by atoms with Crippen molar-refractivity contribution in [1.82, 2.24) is 25.2 Å². The van der Waals surface area contributed by atoms with E-state index in [2.05, 4.69) is 39.1 Å². The summed E-state index contributed by atoms with van der Waals surface area (Å²) in [5.41, 5.74) is 6.59. The third-order valence-corrected chi connectivity index (χ3v) is 8.92. The lowest BCUT2D eigenvalue weighted by Crippen LogP contribution is -2.45. The predicted molar refractivity (Wildman–Crippen MR) is 173 cm³/mol. The van der Waals surface area contributed by atoms with Crippen molar-refractivity contribution in [2.75, 3.05) is 18.4 Å². The monoisotopic (exact) mass is 650 g/mol. The molecule has 2 amide bonds. The predicted octanol–water partition coefficient (Wildman–Crippen LogP) is 5.45. The topological polar surface area (TPSA) is 129 Å². The lowest BCUT2D eigenvalue weighted by atomic mass is 9.85. The molecule has 5 aromatic rings. The lowest BCUT2D eigenvalue weighted by molar-refractivity contribution is -0.121. The van der Waals surface area contributed by atoms with E-state index >= 15 is 0 Å². The molecule has 236 valence electrons. The Hall–Kier alpha value is -5.39. The first-order valence-electron chi connectivity index (χ1n) is 15.0. The molecule has 0 bridgehead atoms. The van der Waals surface area contributed by atoms with Crippen LogP contribution in [0.25, 0.3) is 16.8 Å². The van der Waals surface area contributed by atoms with Gasteiger partial charge in [-0.3, -0.25) is 9.59 Å². The van der Waals surface area contributed by atoms with Gasteiger partial charge in [-0.15, -0.1) is 5.10 Å². The molecule has 7 rings (SSSR count). The van der Waals surface area contributed by atoms with Crippen LogP contribution in [-0.2, 0) is 24.2 Å². The first-order chi connectivity index (χ1) is 22.8. The van der Waals surface area contributed by atoms with Crippen molar-refractivity contribution in [2.24, 2.45) is 0 Å². The highest BCUT2D eigenvalue weighted by atomic mass is 35.5. The average molecular weight is 651 g/mol. The molecule has 47 heavy (non-hydrogen) atoms. The number of carboxylic acid groups (broad SMARTS) is 1. The second-order valence-corrected chi connectivity index (χ2v) is 11.8. The molecular formula is C35H28ClFN6O4. The van der Waals surface area contributed by atoms with Gasteiger partial charge in [0.25, 0.3) is 11.8 Å². The maximum atomic E-state index is 14.7. The Morgan fingerprint density at radius 3 is 2.60 bits per heavy atom. The minimum atomic E-state index is -1.09. The highest BCUT2D eigenvalue weighted by Crippen LogP contribution is 2.38. The van der Waals surface area contributed by atoms with Crippen LogP contribution >= 0.6 is 11.6 Å². The van der Waals surface area contributed by atoms with E-state index in [0.717, 1.165) is 40.9 Å². The summed E-state index contributed by atoms with van der Waals surface area (Å²) in [5.74, 6) is -2.83. The van der Waals surface area contributed by atoms with Crippen LogP contribution in [-0.4, -0.2) is 55.9 Å². The summed E-state index contributed by atoms with van der Waals surface area (Å²) in [7, 11) is 0. The number of nitrogens with one attached hydrogen (secondary N) is 2. The Balaban J connectivity index is 1.26. The number of halogens is 2. The standard InChI is InChI=1S/C35H28ClFN6O4/c36-28-5-2-6-30(31(28)37)43-19-29(40-41-43)34(45)42-16-14-26-25(22-7-8-23-18-38-15-13-21(23)17-22)3-1-4-27(26)32(42)33(44)39-24-11-9-20(10-12-24)35(46)47/h1-12,17,19,32,38H,13-16,18H2,(H,39,44)(H,46,47). The van der Waals surface area contributed by atoms with E-state index in [4.69, 9.17) is 11.6 Å². The third kappa shape index (κ3) is 5.75. The van der Waals surface area contributed by atoms with E-state index in [0.29, 0.717) is 17.7 Å². The number of rotatable bonds is 6. The molecular weight excluding hydrogens is 623 g/mol. The molecule has 1 atom stereocenters. The summed E-state index contributed by atoms with van der Waals surface area (Å²) in [6, 6.07) is 21.3. The van der Waals surface area contributed by atoms with Gasteiger partial charge in [0.1, 0.15) is 11.7 Å². The van der Waals surface area contributed by atoms with E-state index < -0.39 is 29.6 Å². The fourth-order valence-corrected chi connectivity index (χ4v) is 6.46. The lowest BCUT2D eigenvalue weighted by Gasteiger charge is -2.37. The summed E-state index contributed by atoms with van der Waals surface area (Å²) < 4.78 is 15.9. The number of aromatic nitrogens is 3. The van der Waals surface area contributed by atoms with Crippen LogP contribution in [0.1, 0.15) is 49.1 Å². The molecule has 4 aromatic carbocycles. The Morgan fingerprint density at radius 1 is 0.979 bits per heavy atom. The molecule has 0 radical (unpaired) electrons. The maximum absolute atomic E-state index is 14.7. The van der Waals surface area contributed by atoms with E-state index in [9.17, 15) is 23.9 Å². The van der Waals surface area contributed by atoms with Crippen LogP contribution < -0.4 is 10.6 Å². The number of hydrogen-bond acceptors (Lipinski definition) is 6. The van der Waals surface area contributed by atoms with Crippen LogP contribution in [0.4, 0.5) is 10.1 Å². The molecule has 3 N–H and O–H groups in total. The smallest absolute Gasteiger partial charge is 0.335 e. The maximum Gasteiger partial charge on any atom is 0.335 e. The van der Waals surface area contributed by atoms with Gasteiger partial charge in [-0.05, 0) is 89.2 Å². The van der Waals surface area contributed by atoms with Gasteiger partial charge < -0.3 is 20.6 Å². The fourth-order valence-electron chi connectivity index (χ4n) is 6.29. The second kappa shape index (κ2) is 12.4. The van der Waals surface area contributed by atoms with Crippen LogP contribution in [0, 0.1) is 5.82 Å². The highest BCUT2D eigenvalue weighted by Gasteiger charge is 2.38. The van der Waals surface area contributed by atoms with Crippen molar-refractivity contribution >= 4 is 35.1 Å². The number of nitrogens with zero attached hydrogens (tertiary/aromatic N) is 4. The number of carbonyl (C=O) groups is 3. The molecule has 0 fully saturated rings. The molecule has 0 saturated heterocycles.